The molecule has 0 unspecified atom stereocenters. The minimum Gasteiger partial charge on any atom is -0.318 e. The van der Waals surface area contributed by atoms with Crippen molar-refractivity contribution in [3.8, 4) is 0 Å². The fourth-order valence-corrected chi connectivity index (χ4v) is 6.08. The fraction of sp³-hybridized carbons (Fsp3) is 0.556. The van der Waals surface area contributed by atoms with Gasteiger partial charge in [0.1, 0.15) is 0 Å². The van der Waals surface area contributed by atoms with E-state index in [2.05, 4.69) is 41.0 Å². The number of aromatic nitrogens is 1. The lowest BCUT2D eigenvalue weighted by atomic mass is 9.55. The highest BCUT2D eigenvalue weighted by Crippen LogP contribution is 2.52. The second-order valence-electron chi connectivity index (χ2n) is 7.34. The van der Waals surface area contributed by atoms with Crippen molar-refractivity contribution in [1.29, 1.82) is 0 Å². The van der Waals surface area contributed by atoms with E-state index in [0.29, 0.717) is 0 Å². The van der Waals surface area contributed by atoms with Crippen LogP contribution in [0, 0.1) is 23.7 Å². The lowest BCUT2D eigenvalue weighted by Gasteiger charge is -2.50. The first-order chi connectivity index (χ1) is 10.8. The summed E-state index contributed by atoms with van der Waals surface area (Å²) < 4.78 is 3.45. The quantitative estimate of drug-likeness (QED) is 0.714. The van der Waals surface area contributed by atoms with Gasteiger partial charge in [0.15, 0.2) is 0 Å². The average molecular weight is 311 g/mol. The molecule has 0 radical (unpaired) electrons. The highest BCUT2D eigenvalue weighted by Gasteiger charge is 2.46. The van der Waals surface area contributed by atoms with Crippen molar-refractivity contribution in [2.75, 3.05) is 0 Å². The van der Waals surface area contributed by atoms with Gasteiger partial charge in [0.05, 0.1) is 10.2 Å². The monoisotopic (exact) mass is 311 g/mol. The molecule has 4 fully saturated rings. The summed E-state index contributed by atoms with van der Waals surface area (Å²) in [4.78, 5) is 1.02. The third-order valence-corrected chi connectivity index (χ3v) is 7.04. The molecule has 4 aliphatic carbocycles. The minimum atomic E-state index is 0.736. The van der Waals surface area contributed by atoms with Gasteiger partial charge < -0.3 is 4.57 Å². The van der Waals surface area contributed by atoms with Gasteiger partial charge in [0.2, 0.25) is 4.80 Å². The normalized spacial score (nSPS) is 33.9. The van der Waals surface area contributed by atoms with Crippen molar-refractivity contribution in [2.45, 2.75) is 32.1 Å². The van der Waals surface area contributed by atoms with E-state index in [1.54, 1.807) is 11.3 Å². The molecule has 6 rings (SSSR count). The van der Waals surface area contributed by atoms with E-state index in [4.69, 9.17) is 5.10 Å². The molecule has 0 atom stereocenters. The highest BCUT2D eigenvalue weighted by molar-refractivity contribution is 7.16. The van der Waals surface area contributed by atoms with Crippen LogP contribution in [0.2, 0.25) is 0 Å². The van der Waals surface area contributed by atoms with E-state index in [1.165, 1.54) is 48.0 Å². The van der Waals surface area contributed by atoms with E-state index in [-0.39, 0.29) is 0 Å². The lowest BCUT2D eigenvalue weighted by molar-refractivity contribution is 0.108. The molecule has 4 aliphatic rings. The average Bonchev–Trinajstić information content (AvgIpc) is 2.83. The maximum atomic E-state index is 4.78. The molecule has 4 bridgehead atoms. The van der Waals surface area contributed by atoms with Crippen molar-refractivity contribution in [3.05, 3.63) is 29.1 Å². The molecule has 22 heavy (non-hydrogen) atoms. The molecule has 1 heterocycles. The fourth-order valence-electron chi connectivity index (χ4n) is 5.11. The number of aryl methyl sites for hydroxylation is 1. The molecule has 0 aliphatic heterocycles. The Morgan fingerprint density at radius 3 is 2.32 bits per heavy atom. The first kappa shape index (κ1) is 13.1. The summed E-state index contributed by atoms with van der Waals surface area (Å²) in [6.07, 6.45) is 6.99. The number of rotatable bonds is 1. The van der Waals surface area contributed by atoms with E-state index >= 15 is 0 Å². The van der Waals surface area contributed by atoms with Crippen LogP contribution in [0.15, 0.2) is 34.5 Å². The smallest absolute Gasteiger partial charge is 0.211 e. The SMILES string of the molecule is Cn1c(=NN=C2C3CC4CC(C3)CC2C4)sc2ccccc21. The van der Waals surface area contributed by atoms with Crippen LogP contribution in [0.4, 0.5) is 0 Å². The van der Waals surface area contributed by atoms with Crippen molar-refractivity contribution in [2.24, 2.45) is 40.9 Å². The van der Waals surface area contributed by atoms with Gasteiger partial charge in [0.25, 0.3) is 0 Å². The summed E-state index contributed by atoms with van der Waals surface area (Å²) in [5.74, 6) is 3.45. The van der Waals surface area contributed by atoms with Crippen LogP contribution in [0.1, 0.15) is 32.1 Å². The summed E-state index contributed by atoms with van der Waals surface area (Å²) in [5.41, 5.74) is 2.67. The predicted molar refractivity (Wildman–Crippen MR) is 90.8 cm³/mol. The predicted octanol–water partition coefficient (Wildman–Crippen LogP) is 3.95. The third kappa shape index (κ3) is 1.93. The van der Waals surface area contributed by atoms with Crippen molar-refractivity contribution < 1.29 is 0 Å². The first-order valence-corrected chi connectivity index (χ1v) is 9.25. The zero-order valence-corrected chi connectivity index (χ0v) is 13.7. The molecular weight excluding hydrogens is 290 g/mol. The molecule has 3 nitrogen and oxygen atoms in total. The highest BCUT2D eigenvalue weighted by atomic mass is 32.1. The van der Waals surface area contributed by atoms with Crippen LogP contribution in [0.3, 0.4) is 0 Å². The van der Waals surface area contributed by atoms with E-state index in [0.717, 1.165) is 28.5 Å². The summed E-state index contributed by atoms with van der Waals surface area (Å²) in [6.45, 7) is 0. The van der Waals surface area contributed by atoms with Crippen molar-refractivity contribution >= 4 is 27.3 Å². The van der Waals surface area contributed by atoms with Gasteiger partial charge in [-0.05, 0) is 67.9 Å². The van der Waals surface area contributed by atoms with Crippen LogP contribution in [-0.2, 0) is 7.05 Å². The molecule has 4 saturated carbocycles. The minimum absolute atomic E-state index is 0.736. The Kier molecular flexibility index (Phi) is 2.84. The second kappa shape index (κ2) is 4.79. The number of hydrogen-bond acceptors (Lipinski definition) is 3. The van der Waals surface area contributed by atoms with Gasteiger partial charge in [0, 0.05) is 12.8 Å². The van der Waals surface area contributed by atoms with Gasteiger partial charge >= 0.3 is 0 Å². The maximum Gasteiger partial charge on any atom is 0.211 e. The summed E-state index contributed by atoms with van der Waals surface area (Å²) >= 11 is 1.74. The molecule has 2 aromatic rings. The number of thiazole rings is 1. The summed E-state index contributed by atoms with van der Waals surface area (Å²) in [5, 5.41) is 9.44. The molecule has 4 heteroatoms. The summed E-state index contributed by atoms with van der Waals surface area (Å²) in [7, 11) is 2.09. The Morgan fingerprint density at radius 2 is 1.64 bits per heavy atom. The van der Waals surface area contributed by atoms with Crippen molar-refractivity contribution in [1.82, 2.24) is 4.57 Å². The first-order valence-electron chi connectivity index (χ1n) is 8.44. The van der Waals surface area contributed by atoms with Crippen LogP contribution >= 0.6 is 11.3 Å². The largest absolute Gasteiger partial charge is 0.318 e. The van der Waals surface area contributed by atoms with Crippen molar-refractivity contribution in [3.63, 3.8) is 0 Å². The number of nitrogens with zero attached hydrogens (tertiary/aromatic N) is 3. The molecule has 0 spiro atoms. The number of benzene rings is 1. The molecule has 114 valence electrons. The van der Waals surface area contributed by atoms with E-state index in [1.807, 2.05) is 0 Å². The van der Waals surface area contributed by atoms with Gasteiger partial charge in [-0.25, -0.2) is 0 Å². The van der Waals surface area contributed by atoms with Gasteiger partial charge in [-0.2, -0.15) is 5.10 Å². The molecule has 0 amide bonds. The lowest BCUT2D eigenvalue weighted by Crippen LogP contribution is -2.45. The van der Waals surface area contributed by atoms with E-state index in [9.17, 15) is 0 Å². The van der Waals surface area contributed by atoms with Crippen LogP contribution < -0.4 is 4.80 Å². The van der Waals surface area contributed by atoms with Gasteiger partial charge in [-0.15, -0.1) is 5.10 Å². The molecule has 0 N–H and O–H groups in total. The van der Waals surface area contributed by atoms with Gasteiger partial charge in [-0.3, -0.25) is 0 Å². The summed E-state index contributed by atoms with van der Waals surface area (Å²) in [6, 6.07) is 8.49. The topological polar surface area (TPSA) is 29.6 Å². The molecule has 0 saturated heterocycles. The Morgan fingerprint density at radius 1 is 0.955 bits per heavy atom. The zero-order chi connectivity index (χ0) is 14.7. The van der Waals surface area contributed by atoms with Crippen LogP contribution in [0.5, 0.6) is 0 Å². The molecule has 1 aromatic carbocycles. The van der Waals surface area contributed by atoms with Crippen LogP contribution in [-0.4, -0.2) is 10.3 Å². The number of para-hydroxylation sites is 1. The Balaban J connectivity index is 1.56. The number of fused-ring (bicyclic) bond motifs is 1. The van der Waals surface area contributed by atoms with Gasteiger partial charge in [-0.1, -0.05) is 23.5 Å². The zero-order valence-electron chi connectivity index (χ0n) is 12.9. The molecular formula is C18H21N3S. The standard InChI is InChI=1S/C18H21N3S/c1-21-15-4-2-3-5-16(15)22-18(21)20-19-17-13-7-11-6-12(9-13)10-14(17)8-11/h2-5,11-14H,6-10H2,1H3. The Bertz CT molecular complexity index is 796. The molecule has 1 aromatic heterocycles. The maximum absolute atomic E-state index is 4.78. The number of hydrogen-bond donors (Lipinski definition) is 0. The Hall–Kier alpha value is -1.42. The van der Waals surface area contributed by atoms with E-state index < -0.39 is 0 Å². The Labute approximate surface area is 134 Å². The second-order valence-corrected chi connectivity index (χ2v) is 8.35. The third-order valence-electron chi connectivity index (χ3n) is 5.94. The van der Waals surface area contributed by atoms with Crippen LogP contribution in [0.25, 0.3) is 10.2 Å².